The lowest BCUT2D eigenvalue weighted by Gasteiger charge is -2.26. The molecule has 9 heteroatoms. The summed E-state index contributed by atoms with van der Waals surface area (Å²) in [5.74, 6) is -1.96. The molecule has 5 aromatic rings. The molecule has 8 nitrogen and oxygen atoms in total. The number of amides is 3. The minimum atomic E-state index is -0.870. The minimum absolute atomic E-state index is 0.206. The molecule has 0 bridgehead atoms. The second-order valence-corrected chi connectivity index (χ2v) is 11.6. The van der Waals surface area contributed by atoms with Crippen molar-refractivity contribution >= 4 is 34.4 Å². The molecule has 4 aromatic carbocycles. The van der Waals surface area contributed by atoms with E-state index in [4.69, 9.17) is 10.7 Å². The van der Waals surface area contributed by atoms with E-state index in [9.17, 15) is 18.8 Å². The van der Waals surface area contributed by atoms with Crippen LogP contribution in [0, 0.1) is 5.82 Å². The summed E-state index contributed by atoms with van der Waals surface area (Å²) >= 11 is 0. The van der Waals surface area contributed by atoms with Crippen LogP contribution in [0.1, 0.15) is 61.2 Å². The molecular formula is C37H34FN5O3. The van der Waals surface area contributed by atoms with Crippen LogP contribution < -0.4 is 16.4 Å². The van der Waals surface area contributed by atoms with Gasteiger partial charge in [-0.25, -0.2) is 9.37 Å². The lowest BCUT2D eigenvalue weighted by molar-refractivity contribution is -0.131. The van der Waals surface area contributed by atoms with Gasteiger partial charge in [0.25, 0.3) is 5.91 Å². The molecule has 1 aromatic heterocycles. The summed E-state index contributed by atoms with van der Waals surface area (Å²) in [5, 5.41) is 7.01. The van der Waals surface area contributed by atoms with Crippen molar-refractivity contribution in [1.82, 2.24) is 15.2 Å². The molecule has 1 aliphatic heterocycles. The number of nitrogens with two attached hydrogens (primary N) is 1. The lowest BCUT2D eigenvalue weighted by atomic mass is 9.88. The summed E-state index contributed by atoms with van der Waals surface area (Å²) < 4.78 is 13.6. The van der Waals surface area contributed by atoms with E-state index in [0.29, 0.717) is 33.2 Å². The third-order valence-electron chi connectivity index (χ3n) is 8.47. The minimum Gasteiger partial charge on any atom is -0.366 e. The Morgan fingerprint density at radius 2 is 1.72 bits per heavy atom. The number of hydrogen-bond donors (Lipinski definition) is 3. The van der Waals surface area contributed by atoms with Crippen molar-refractivity contribution < 1.29 is 18.8 Å². The molecule has 0 aliphatic carbocycles. The van der Waals surface area contributed by atoms with E-state index in [1.54, 1.807) is 54.4 Å². The molecule has 46 heavy (non-hydrogen) atoms. The molecule has 0 spiro atoms. The molecule has 1 fully saturated rings. The van der Waals surface area contributed by atoms with Crippen LogP contribution in [0.5, 0.6) is 0 Å². The predicted molar refractivity (Wildman–Crippen MR) is 176 cm³/mol. The highest BCUT2D eigenvalue weighted by molar-refractivity contribution is 6.07. The zero-order valence-corrected chi connectivity index (χ0v) is 25.4. The number of aromatic nitrogens is 1. The van der Waals surface area contributed by atoms with E-state index in [1.165, 1.54) is 12.1 Å². The van der Waals surface area contributed by atoms with Gasteiger partial charge < -0.3 is 21.3 Å². The number of anilines is 1. The number of primary amides is 1. The number of pyridine rings is 1. The summed E-state index contributed by atoms with van der Waals surface area (Å²) in [7, 11) is 1.69. The van der Waals surface area contributed by atoms with Crippen LogP contribution in [0.15, 0.2) is 103 Å². The number of rotatable bonds is 9. The Balaban J connectivity index is 1.46. The van der Waals surface area contributed by atoms with Crippen LogP contribution in [0.25, 0.3) is 10.9 Å². The highest BCUT2D eigenvalue weighted by Crippen LogP contribution is 2.35. The van der Waals surface area contributed by atoms with Crippen LogP contribution in [0.3, 0.4) is 0 Å². The fourth-order valence-electron chi connectivity index (χ4n) is 6.08. The van der Waals surface area contributed by atoms with Crippen molar-refractivity contribution in [2.24, 2.45) is 5.73 Å². The molecule has 1 aliphatic rings. The van der Waals surface area contributed by atoms with Crippen molar-refractivity contribution in [2.75, 3.05) is 25.5 Å². The van der Waals surface area contributed by atoms with Gasteiger partial charge in [-0.2, -0.15) is 0 Å². The van der Waals surface area contributed by atoms with Gasteiger partial charge in [-0.15, -0.1) is 0 Å². The first-order valence-corrected chi connectivity index (χ1v) is 15.2. The van der Waals surface area contributed by atoms with Crippen LogP contribution in [-0.4, -0.2) is 47.7 Å². The van der Waals surface area contributed by atoms with Gasteiger partial charge in [-0.3, -0.25) is 14.4 Å². The van der Waals surface area contributed by atoms with Crippen molar-refractivity contribution in [3.8, 4) is 0 Å². The van der Waals surface area contributed by atoms with Gasteiger partial charge in [-0.05, 0) is 78.0 Å². The average Bonchev–Trinajstić information content (AvgIpc) is 3.61. The molecule has 4 N–H and O–H groups in total. The number of nitrogens with one attached hydrogen (secondary N) is 2. The van der Waals surface area contributed by atoms with Gasteiger partial charge in [-0.1, -0.05) is 60.7 Å². The molecule has 232 valence electrons. The maximum Gasteiger partial charge on any atom is 0.257 e. The van der Waals surface area contributed by atoms with Gasteiger partial charge in [0.15, 0.2) is 0 Å². The number of benzene rings is 4. The first-order chi connectivity index (χ1) is 22.3. The molecule has 1 unspecified atom stereocenters. The van der Waals surface area contributed by atoms with E-state index in [2.05, 4.69) is 10.6 Å². The monoisotopic (exact) mass is 615 g/mol. The van der Waals surface area contributed by atoms with Crippen LogP contribution >= 0.6 is 0 Å². The summed E-state index contributed by atoms with van der Waals surface area (Å²) in [5.41, 5.74) is 9.82. The lowest BCUT2D eigenvalue weighted by Crippen LogP contribution is -2.32. The van der Waals surface area contributed by atoms with Crippen LogP contribution in [-0.2, 0) is 11.3 Å². The topological polar surface area (TPSA) is 117 Å². The maximum atomic E-state index is 14.4. The Labute approximate surface area is 266 Å². The number of hydrogen-bond acceptors (Lipinski definition) is 5. The largest absolute Gasteiger partial charge is 0.366 e. The van der Waals surface area contributed by atoms with Gasteiger partial charge in [0, 0.05) is 42.2 Å². The first-order valence-electron chi connectivity index (χ1n) is 15.2. The Morgan fingerprint density at radius 1 is 0.978 bits per heavy atom. The standard InChI is InChI=1S/C37H34FN5O3/c1-43(22-23-11-14-28(38)15-12-23)37(46)33(24-7-3-2-4-8-24)31-20-27-19-25(34(39)44)13-16-32(27)41-35(31)42-36(45)30-10-6-5-9-29(30)26-17-18-40-21-26/h2-16,19-20,26,33,40H,17-18,21-22H2,1H3,(H2,39,44)(H,41,42,45)/t26?,33-/m0/s1. The summed E-state index contributed by atoms with van der Waals surface area (Å²) in [6.45, 7) is 1.91. The number of carbonyl (C=O) groups is 3. The van der Waals surface area contributed by atoms with Crippen molar-refractivity contribution in [3.05, 3.63) is 142 Å². The number of nitrogens with zero attached hydrogens (tertiary/aromatic N) is 2. The second-order valence-electron chi connectivity index (χ2n) is 11.6. The quantitative estimate of drug-likeness (QED) is 0.200. The van der Waals surface area contributed by atoms with E-state index < -0.39 is 11.8 Å². The molecule has 0 radical (unpaired) electrons. The number of carbonyl (C=O) groups excluding carboxylic acids is 3. The van der Waals surface area contributed by atoms with Crippen molar-refractivity contribution in [2.45, 2.75) is 24.8 Å². The Morgan fingerprint density at radius 3 is 2.43 bits per heavy atom. The van der Waals surface area contributed by atoms with E-state index in [-0.39, 0.29) is 35.9 Å². The van der Waals surface area contributed by atoms with Gasteiger partial charge >= 0.3 is 0 Å². The van der Waals surface area contributed by atoms with Gasteiger partial charge in [0.1, 0.15) is 11.6 Å². The highest BCUT2D eigenvalue weighted by Gasteiger charge is 2.31. The Kier molecular flexibility index (Phi) is 8.85. The molecule has 0 saturated carbocycles. The highest BCUT2D eigenvalue weighted by atomic mass is 19.1. The fourth-order valence-corrected chi connectivity index (χ4v) is 6.08. The first kappa shape index (κ1) is 30.6. The molecule has 3 amide bonds. The maximum absolute atomic E-state index is 14.4. The molecule has 6 rings (SSSR count). The molecule has 1 saturated heterocycles. The zero-order valence-electron chi connectivity index (χ0n) is 25.4. The average molecular weight is 616 g/mol. The molecule has 2 atom stereocenters. The van der Waals surface area contributed by atoms with Gasteiger partial charge in [0.05, 0.1) is 11.4 Å². The Hall–Kier alpha value is -5.41. The summed E-state index contributed by atoms with van der Waals surface area (Å²) in [6, 6.07) is 29.5. The summed E-state index contributed by atoms with van der Waals surface area (Å²) in [6.07, 6.45) is 0.928. The van der Waals surface area contributed by atoms with E-state index in [0.717, 1.165) is 30.6 Å². The predicted octanol–water partition coefficient (Wildman–Crippen LogP) is 5.59. The van der Waals surface area contributed by atoms with E-state index in [1.807, 2.05) is 48.5 Å². The molecular weight excluding hydrogens is 581 g/mol. The third kappa shape index (κ3) is 6.50. The SMILES string of the molecule is CN(Cc1ccc(F)cc1)C(=O)[C@@H](c1ccccc1)c1cc2cc(C(N)=O)ccc2nc1NC(=O)c1ccccc1C1CCNC1. The fraction of sp³-hybridized carbons (Fsp3) is 0.189. The van der Waals surface area contributed by atoms with Crippen LogP contribution in [0.4, 0.5) is 10.2 Å². The normalized spacial score (nSPS) is 15.0. The summed E-state index contributed by atoms with van der Waals surface area (Å²) in [4.78, 5) is 46.8. The smallest absolute Gasteiger partial charge is 0.257 e. The number of halogens is 1. The second kappa shape index (κ2) is 13.3. The Bertz CT molecular complexity index is 1910. The third-order valence-corrected chi connectivity index (χ3v) is 8.47. The van der Waals surface area contributed by atoms with E-state index >= 15 is 0 Å². The van der Waals surface area contributed by atoms with Crippen molar-refractivity contribution in [3.63, 3.8) is 0 Å². The molecule has 2 heterocycles. The number of fused-ring (bicyclic) bond motifs is 1. The zero-order chi connectivity index (χ0) is 32.2. The van der Waals surface area contributed by atoms with Crippen LogP contribution in [0.2, 0.25) is 0 Å². The van der Waals surface area contributed by atoms with Crippen molar-refractivity contribution in [1.29, 1.82) is 0 Å². The number of likely N-dealkylation sites (N-methyl/N-ethyl adjacent to an activating group) is 1. The van der Waals surface area contributed by atoms with Gasteiger partial charge in [0.2, 0.25) is 11.8 Å².